The number of hydrogen-bond donors (Lipinski definition) is 1. The van der Waals surface area contributed by atoms with Crippen LogP contribution in [0.1, 0.15) is 11.3 Å². The topological polar surface area (TPSA) is 61.6 Å². The van der Waals surface area contributed by atoms with E-state index in [0.29, 0.717) is 16.1 Å². The van der Waals surface area contributed by atoms with Gasteiger partial charge in [0.05, 0.1) is 22.2 Å². The minimum atomic E-state index is -0.0870. The number of aryl methyl sites for hydroxylation is 1. The molecule has 0 saturated carbocycles. The number of nitrogens with one attached hydrogen (secondary N) is 1. The van der Waals surface area contributed by atoms with E-state index in [2.05, 4.69) is 11.2 Å². The van der Waals surface area contributed by atoms with Crippen molar-refractivity contribution in [2.45, 2.75) is 16.7 Å². The highest BCUT2D eigenvalue weighted by Crippen LogP contribution is 2.27. The predicted molar refractivity (Wildman–Crippen MR) is 86.4 cm³/mol. The molecule has 0 amide bonds. The molecule has 1 N–H and O–H groups in total. The molecule has 5 heteroatoms. The molecule has 1 aromatic heterocycles. The van der Waals surface area contributed by atoms with Crippen molar-refractivity contribution in [1.82, 2.24) is 9.78 Å². The van der Waals surface area contributed by atoms with Gasteiger partial charge in [0, 0.05) is 10.6 Å². The van der Waals surface area contributed by atoms with E-state index in [1.54, 1.807) is 24.3 Å². The number of benzene rings is 2. The highest BCUT2D eigenvalue weighted by atomic mass is 32.2. The first kappa shape index (κ1) is 14.2. The lowest BCUT2D eigenvalue weighted by atomic mass is 10.2. The van der Waals surface area contributed by atoms with Gasteiger partial charge in [0.25, 0.3) is 5.56 Å². The van der Waals surface area contributed by atoms with Gasteiger partial charge in [-0.15, -0.1) is 0 Å². The van der Waals surface area contributed by atoms with Crippen LogP contribution >= 0.6 is 11.8 Å². The molecule has 0 fully saturated rings. The van der Waals surface area contributed by atoms with Crippen molar-refractivity contribution in [1.29, 1.82) is 5.26 Å². The number of aromatic amines is 1. The third-order valence-electron chi connectivity index (χ3n) is 3.24. The number of nitrogens with zero attached hydrogens (tertiary/aromatic N) is 2. The molecule has 0 unspecified atom stereocenters. The number of aromatic nitrogens is 2. The second-order valence-electron chi connectivity index (χ2n) is 4.78. The highest BCUT2D eigenvalue weighted by Gasteiger charge is 2.13. The lowest BCUT2D eigenvalue weighted by Crippen LogP contribution is -2.15. The minimum absolute atomic E-state index is 0.0870. The fourth-order valence-corrected chi connectivity index (χ4v) is 3.03. The Bertz CT molecular complexity index is 886. The van der Waals surface area contributed by atoms with Crippen LogP contribution in [0.15, 0.2) is 69.2 Å². The lowest BCUT2D eigenvalue weighted by Gasteiger charge is -2.00. The fraction of sp³-hybridized carbons (Fsp3) is 0.0588. The van der Waals surface area contributed by atoms with E-state index in [-0.39, 0.29) is 5.56 Å². The molecule has 0 spiro atoms. The Morgan fingerprint density at radius 3 is 2.41 bits per heavy atom. The number of nitriles is 1. The molecule has 0 aliphatic carbocycles. The molecule has 3 rings (SSSR count). The molecule has 0 bridgehead atoms. The van der Waals surface area contributed by atoms with Crippen molar-refractivity contribution in [3.63, 3.8) is 0 Å². The van der Waals surface area contributed by atoms with Gasteiger partial charge in [0.1, 0.15) is 0 Å². The third kappa shape index (κ3) is 2.69. The van der Waals surface area contributed by atoms with Gasteiger partial charge in [-0.25, -0.2) is 4.68 Å². The van der Waals surface area contributed by atoms with Crippen LogP contribution in [0.5, 0.6) is 0 Å². The van der Waals surface area contributed by atoms with Crippen LogP contribution in [0.25, 0.3) is 5.69 Å². The molecular weight excluding hydrogens is 294 g/mol. The second kappa shape index (κ2) is 5.96. The van der Waals surface area contributed by atoms with Gasteiger partial charge in [-0.3, -0.25) is 9.89 Å². The van der Waals surface area contributed by atoms with Crippen LogP contribution < -0.4 is 5.56 Å². The Balaban J connectivity index is 1.99. The first-order valence-corrected chi connectivity index (χ1v) is 7.56. The fourth-order valence-electron chi connectivity index (χ4n) is 2.12. The third-order valence-corrected chi connectivity index (χ3v) is 4.43. The van der Waals surface area contributed by atoms with Crippen molar-refractivity contribution in [3.8, 4) is 11.8 Å². The Morgan fingerprint density at radius 2 is 1.77 bits per heavy atom. The van der Waals surface area contributed by atoms with Crippen LogP contribution in [0, 0.1) is 18.3 Å². The Morgan fingerprint density at radius 1 is 1.09 bits per heavy atom. The van der Waals surface area contributed by atoms with Crippen LogP contribution in [-0.2, 0) is 0 Å². The standard InChI is InChI=1S/C17H13N3OS/c1-12-16(22-15-5-3-2-4-6-15)17(21)20(19-12)14-9-7-13(11-18)8-10-14/h2-10,19H,1H3. The summed E-state index contributed by atoms with van der Waals surface area (Å²) in [5, 5.41) is 11.9. The highest BCUT2D eigenvalue weighted by molar-refractivity contribution is 7.99. The van der Waals surface area contributed by atoms with Gasteiger partial charge in [-0.2, -0.15) is 5.26 Å². The van der Waals surface area contributed by atoms with Crippen LogP contribution in [0.3, 0.4) is 0 Å². The van der Waals surface area contributed by atoms with E-state index < -0.39 is 0 Å². The van der Waals surface area contributed by atoms with Gasteiger partial charge in [0.2, 0.25) is 0 Å². The largest absolute Gasteiger partial charge is 0.294 e. The monoisotopic (exact) mass is 307 g/mol. The minimum Gasteiger partial charge on any atom is -0.294 e. The summed E-state index contributed by atoms with van der Waals surface area (Å²) >= 11 is 1.45. The van der Waals surface area contributed by atoms with Gasteiger partial charge in [0.15, 0.2) is 0 Å². The summed E-state index contributed by atoms with van der Waals surface area (Å²) in [5.41, 5.74) is 2.02. The summed E-state index contributed by atoms with van der Waals surface area (Å²) in [4.78, 5) is 14.3. The van der Waals surface area contributed by atoms with Crippen molar-refractivity contribution in [2.75, 3.05) is 0 Å². The van der Waals surface area contributed by atoms with Crippen LogP contribution in [0.2, 0.25) is 0 Å². The Kier molecular flexibility index (Phi) is 3.86. The molecule has 4 nitrogen and oxygen atoms in total. The smallest absolute Gasteiger partial charge is 0.285 e. The number of rotatable bonds is 3. The van der Waals surface area contributed by atoms with Crippen molar-refractivity contribution in [2.24, 2.45) is 0 Å². The molecule has 0 aliphatic heterocycles. The Labute approximate surface area is 132 Å². The van der Waals surface area contributed by atoms with E-state index in [1.165, 1.54) is 16.4 Å². The normalized spacial score (nSPS) is 10.4. The van der Waals surface area contributed by atoms with Gasteiger partial charge in [-0.1, -0.05) is 30.0 Å². The first-order valence-electron chi connectivity index (χ1n) is 6.74. The molecule has 0 aliphatic rings. The van der Waals surface area contributed by atoms with E-state index in [4.69, 9.17) is 5.26 Å². The van der Waals surface area contributed by atoms with Gasteiger partial charge in [-0.05, 0) is 43.3 Å². The molecular formula is C17H13N3OS. The number of H-pyrrole nitrogens is 1. The maximum Gasteiger partial charge on any atom is 0.285 e. The maximum atomic E-state index is 12.6. The average Bonchev–Trinajstić information content (AvgIpc) is 2.84. The van der Waals surface area contributed by atoms with Crippen molar-refractivity contribution >= 4 is 11.8 Å². The molecule has 2 aromatic carbocycles. The van der Waals surface area contributed by atoms with E-state index >= 15 is 0 Å². The first-order chi connectivity index (χ1) is 10.7. The van der Waals surface area contributed by atoms with E-state index in [9.17, 15) is 4.79 Å². The molecule has 0 radical (unpaired) electrons. The van der Waals surface area contributed by atoms with Crippen LogP contribution in [0.4, 0.5) is 0 Å². The molecule has 0 atom stereocenters. The lowest BCUT2D eigenvalue weighted by molar-refractivity contribution is 0.834. The van der Waals surface area contributed by atoms with Gasteiger partial charge >= 0.3 is 0 Å². The summed E-state index contributed by atoms with van der Waals surface area (Å²) in [7, 11) is 0. The van der Waals surface area contributed by atoms with Crippen molar-refractivity contribution in [3.05, 3.63) is 76.2 Å². The van der Waals surface area contributed by atoms with Crippen molar-refractivity contribution < 1.29 is 0 Å². The molecule has 1 heterocycles. The van der Waals surface area contributed by atoms with E-state index in [1.807, 2.05) is 37.3 Å². The average molecular weight is 307 g/mol. The molecule has 108 valence electrons. The molecule has 3 aromatic rings. The maximum absolute atomic E-state index is 12.6. The zero-order chi connectivity index (χ0) is 15.5. The Hall–Kier alpha value is -2.71. The molecule has 22 heavy (non-hydrogen) atoms. The summed E-state index contributed by atoms with van der Waals surface area (Å²) in [5.74, 6) is 0. The van der Waals surface area contributed by atoms with Crippen LogP contribution in [-0.4, -0.2) is 9.78 Å². The predicted octanol–water partition coefficient (Wildman–Crippen LogP) is 3.50. The summed E-state index contributed by atoms with van der Waals surface area (Å²) < 4.78 is 1.50. The van der Waals surface area contributed by atoms with E-state index in [0.717, 1.165) is 10.6 Å². The summed E-state index contributed by atoms with van der Waals surface area (Å²) in [6, 6.07) is 18.8. The number of hydrogen-bond acceptors (Lipinski definition) is 3. The SMILES string of the molecule is Cc1[nH]n(-c2ccc(C#N)cc2)c(=O)c1Sc1ccccc1. The quantitative estimate of drug-likeness (QED) is 0.805. The summed E-state index contributed by atoms with van der Waals surface area (Å²) in [6.07, 6.45) is 0. The zero-order valence-electron chi connectivity index (χ0n) is 11.9. The zero-order valence-corrected chi connectivity index (χ0v) is 12.7. The summed E-state index contributed by atoms with van der Waals surface area (Å²) in [6.45, 7) is 1.88. The van der Waals surface area contributed by atoms with Gasteiger partial charge < -0.3 is 0 Å². The second-order valence-corrected chi connectivity index (χ2v) is 5.86. The molecule has 0 saturated heterocycles.